The van der Waals surface area contributed by atoms with E-state index in [0.717, 1.165) is 25.8 Å². The second-order valence-electron chi connectivity index (χ2n) is 3.67. The van der Waals surface area contributed by atoms with Crippen LogP contribution in [-0.4, -0.2) is 19.7 Å². The zero-order valence-electron chi connectivity index (χ0n) is 9.03. The Morgan fingerprint density at radius 2 is 2.31 bits per heavy atom. The first kappa shape index (κ1) is 11.1. The molecule has 2 rings (SSSR count). The molecule has 0 bridgehead atoms. The SMILES string of the molecule is CCCCCn1ncc2c(=O)[nH]c(Cl)nc21. The Hall–Kier alpha value is -1.36. The molecule has 16 heavy (non-hydrogen) atoms. The lowest BCUT2D eigenvalue weighted by molar-refractivity contribution is 0.564. The third-order valence-electron chi connectivity index (χ3n) is 2.45. The van der Waals surface area contributed by atoms with Crippen LogP contribution in [0, 0.1) is 0 Å². The number of aryl methyl sites for hydroxylation is 1. The molecule has 6 heteroatoms. The molecule has 0 amide bonds. The number of fused-ring (bicyclic) bond motifs is 1. The summed E-state index contributed by atoms with van der Waals surface area (Å²) in [6.45, 7) is 2.91. The third-order valence-corrected chi connectivity index (χ3v) is 2.63. The molecule has 86 valence electrons. The van der Waals surface area contributed by atoms with Crippen molar-refractivity contribution in [2.45, 2.75) is 32.7 Å². The summed E-state index contributed by atoms with van der Waals surface area (Å²) in [5, 5.41) is 4.74. The average molecular weight is 241 g/mol. The van der Waals surface area contributed by atoms with Crippen molar-refractivity contribution in [3.05, 3.63) is 21.8 Å². The van der Waals surface area contributed by atoms with Gasteiger partial charge in [0.15, 0.2) is 5.65 Å². The Kier molecular flexibility index (Phi) is 3.24. The molecule has 0 saturated carbocycles. The highest BCUT2D eigenvalue weighted by molar-refractivity contribution is 6.28. The van der Waals surface area contributed by atoms with Crippen molar-refractivity contribution in [3.63, 3.8) is 0 Å². The number of nitrogens with zero attached hydrogens (tertiary/aromatic N) is 3. The van der Waals surface area contributed by atoms with Crippen LogP contribution >= 0.6 is 11.6 Å². The molecule has 2 heterocycles. The Morgan fingerprint density at radius 1 is 1.50 bits per heavy atom. The fourth-order valence-corrected chi connectivity index (χ4v) is 1.78. The number of rotatable bonds is 4. The van der Waals surface area contributed by atoms with Crippen molar-refractivity contribution in [2.24, 2.45) is 0 Å². The van der Waals surface area contributed by atoms with Crippen LogP contribution in [-0.2, 0) is 6.54 Å². The highest BCUT2D eigenvalue weighted by atomic mass is 35.5. The van der Waals surface area contributed by atoms with Gasteiger partial charge in [-0.3, -0.25) is 9.78 Å². The molecule has 0 spiro atoms. The maximum atomic E-state index is 11.5. The van der Waals surface area contributed by atoms with E-state index in [0.29, 0.717) is 11.0 Å². The summed E-state index contributed by atoms with van der Waals surface area (Å²) < 4.78 is 1.73. The number of hydrogen-bond acceptors (Lipinski definition) is 3. The first-order chi connectivity index (χ1) is 7.72. The minimum absolute atomic E-state index is 0.106. The molecule has 0 aliphatic heterocycles. The molecule has 0 aliphatic carbocycles. The molecular weight excluding hydrogens is 228 g/mol. The number of aromatic nitrogens is 4. The van der Waals surface area contributed by atoms with E-state index in [-0.39, 0.29) is 10.8 Å². The summed E-state index contributed by atoms with van der Waals surface area (Å²) in [6.07, 6.45) is 4.84. The first-order valence-electron chi connectivity index (χ1n) is 5.33. The van der Waals surface area contributed by atoms with Crippen LogP contribution < -0.4 is 5.56 Å². The molecule has 0 aromatic carbocycles. The van der Waals surface area contributed by atoms with E-state index < -0.39 is 0 Å². The summed E-state index contributed by atoms with van der Waals surface area (Å²) in [5.41, 5.74) is 0.321. The van der Waals surface area contributed by atoms with Crippen LogP contribution in [0.4, 0.5) is 0 Å². The van der Waals surface area contributed by atoms with Crippen molar-refractivity contribution in [1.29, 1.82) is 0 Å². The fraction of sp³-hybridized carbons (Fsp3) is 0.500. The van der Waals surface area contributed by atoms with Gasteiger partial charge < -0.3 is 0 Å². The van der Waals surface area contributed by atoms with Gasteiger partial charge in [0.05, 0.1) is 6.20 Å². The summed E-state index contributed by atoms with van der Waals surface area (Å²) >= 11 is 5.71. The fourth-order valence-electron chi connectivity index (χ4n) is 1.61. The van der Waals surface area contributed by atoms with E-state index >= 15 is 0 Å². The molecule has 0 unspecified atom stereocenters. The normalized spacial score (nSPS) is 11.1. The minimum atomic E-state index is -0.239. The zero-order chi connectivity index (χ0) is 11.5. The third kappa shape index (κ3) is 2.09. The largest absolute Gasteiger partial charge is 0.296 e. The topological polar surface area (TPSA) is 63.6 Å². The number of nitrogens with one attached hydrogen (secondary N) is 1. The van der Waals surface area contributed by atoms with Crippen molar-refractivity contribution < 1.29 is 0 Å². The van der Waals surface area contributed by atoms with E-state index in [9.17, 15) is 4.79 Å². The lowest BCUT2D eigenvalue weighted by Crippen LogP contribution is -2.09. The molecule has 0 fully saturated rings. The number of aromatic amines is 1. The number of H-pyrrole nitrogens is 1. The van der Waals surface area contributed by atoms with E-state index in [2.05, 4.69) is 22.0 Å². The van der Waals surface area contributed by atoms with Gasteiger partial charge in [0.2, 0.25) is 5.28 Å². The van der Waals surface area contributed by atoms with Gasteiger partial charge in [-0.05, 0) is 18.0 Å². The van der Waals surface area contributed by atoms with Gasteiger partial charge in [0.1, 0.15) is 5.39 Å². The molecule has 0 aliphatic rings. The smallest absolute Gasteiger partial charge is 0.262 e. The molecule has 1 N–H and O–H groups in total. The predicted molar refractivity (Wildman–Crippen MR) is 62.7 cm³/mol. The van der Waals surface area contributed by atoms with Crippen molar-refractivity contribution in [3.8, 4) is 0 Å². The Bertz CT molecular complexity index is 545. The highest BCUT2D eigenvalue weighted by Crippen LogP contribution is 2.09. The van der Waals surface area contributed by atoms with Gasteiger partial charge in [-0.25, -0.2) is 4.68 Å². The maximum Gasteiger partial charge on any atom is 0.262 e. The van der Waals surface area contributed by atoms with Crippen molar-refractivity contribution in [2.75, 3.05) is 0 Å². The standard InChI is InChI=1S/C10H13ClN4O/c1-2-3-4-5-15-8-7(6-12-15)9(16)14-10(11)13-8/h6H,2-5H2,1H3,(H,13,14,16). The van der Waals surface area contributed by atoms with Crippen LogP contribution in [0.5, 0.6) is 0 Å². The van der Waals surface area contributed by atoms with Gasteiger partial charge >= 0.3 is 0 Å². The monoisotopic (exact) mass is 240 g/mol. The summed E-state index contributed by atoms with van der Waals surface area (Å²) in [4.78, 5) is 18.0. The lowest BCUT2D eigenvalue weighted by atomic mass is 10.2. The molecule has 0 radical (unpaired) electrons. The Balaban J connectivity index is 2.36. The lowest BCUT2D eigenvalue weighted by Gasteiger charge is -2.01. The van der Waals surface area contributed by atoms with Crippen molar-refractivity contribution >= 4 is 22.6 Å². The van der Waals surface area contributed by atoms with Crippen LogP contribution in [0.3, 0.4) is 0 Å². The quantitative estimate of drug-likeness (QED) is 0.656. The van der Waals surface area contributed by atoms with Crippen LogP contribution in [0.25, 0.3) is 11.0 Å². The zero-order valence-corrected chi connectivity index (χ0v) is 9.79. The summed E-state index contributed by atoms with van der Waals surface area (Å²) in [6, 6.07) is 0. The number of unbranched alkanes of at least 4 members (excludes halogenated alkanes) is 2. The Labute approximate surface area is 97.4 Å². The molecule has 2 aromatic rings. The van der Waals surface area contributed by atoms with Crippen LogP contribution in [0.15, 0.2) is 11.0 Å². The summed E-state index contributed by atoms with van der Waals surface area (Å²) in [5.74, 6) is 0. The highest BCUT2D eigenvalue weighted by Gasteiger charge is 2.08. The van der Waals surface area contributed by atoms with Crippen molar-refractivity contribution in [1.82, 2.24) is 19.7 Å². The molecule has 5 nitrogen and oxygen atoms in total. The summed E-state index contributed by atoms with van der Waals surface area (Å²) in [7, 11) is 0. The second-order valence-corrected chi connectivity index (χ2v) is 4.03. The van der Waals surface area contributed by atoms with E-state index in [4.69, 9.17) is 11.6 Å². The van der Waals surface area contributed by atoms with Gasteiger partial charge in [-0.15, -0.1) is 0 Å². The van der Waals surface area contributed by atoms with Gasteiger partial charge in [0.25, 0.3) is 5.56 Å². The minimum Gasteiger partial charge on any atom is -0.296 e. The first-order valence-corrected chi connectivity index (χ1v) is 5.71. The van der Waals surface area contributed by atoms with E-state index in [1.165, 1.54) is 6.20 Å². The second kappa shape index (κ2) is 4.65. The van der Waals surface area contributed by atoms with E-state index in [1.807, 2.05) is 0 Å². The van der Waals surface area contributed by atoms with Gasteiger partial charge in [-0.2, -0.15) is 10.1 Å². The van der Waals surface area contributed by atoms with E-state index in [1.54, 1.807) is 4.68 Å². The molecular formula is C10H13ClN4O. The van der Waals surface area contributed by atoms with Crippen LogP contribution in [0.1, 0.15) is 26.2 Å². The van der Waals surface area contributed by atoms with Gasteiger partial charge in [-0.1, -0.05) is 19.8 Å². The molecule has 0 saturated heterocycles. The average Bonchev–Trinajstić information content (AvgIpc) is 2.62. The number of hydrogen-bond donors (Lipinski definition) is 1. The number of halogens is 1. The van der Waals surface area contributed by atoms with Gasteiger partial charge in [0, 0.05) is 6.54 Å². The molecule has 0 atom stereocenters. The van der Waals surface area contributed by atoms with Crippen LogP contribution in [0.2, 0.25) is 5.28 Å². The molecule has 2 aromatic heterocycles. The maximum absolute atomic E-state index is 11.5. The Morgan fingerprint density at radius 3 is 3.06 bits per heavy atom. The predicted octanol–water partition coefficient (Wildman–Crippen LogP) is 1.96.